The van der Waals surface area contributed by atoms with Crippen molar-refractivity contribution in [3.8, 4) is 0 Å². The van der Waals surface area contributed by atoms with Crippen LogP contribution in [0.4, 0.5) is 4.48 Å². The van der Waals surface area contributed by atoms with Crippen LogP contribution < -0.4 is 4.94 Å². The fourth-order valence-electron chi connectivity index (χ4n) is 0.937. The van der Waals surface area contributed by atoms with Gasteiger partial charge in [0, 0.05) is 5.02 Å². The number of carboxylic acid groups (broad SMARTS) is 1. The van der Waals surface area contributed by atoms with Crippen LogP contribution in [-0.4, -0.2) is 19.5 Å². The highest BCUT2D eigenvalue weighted by atomic mass is 35.5. The van der Waals surface area contributed by atoms with Crippen molar-refractivity contribution < 1.29 is 22.8 Å². The van der Waals surface area contributed by atoms with E-state index in [9.17, 15) is 17.7 Å². The summed E-state index contributed by atoms with van der Waals surface area (Å²) >= 11 is 5.48. The first-order chi connectivity index (χ1) is 6.88. The summed E-state index contributed by atoms with van der Waals surface area (Å²) in [5.74, 6) is -1.49. The predicted octanol–water partition coefficient (Wildman–Crippen LogP) is 1.20. The van der Waals surface area contributed by atoms with E-state index in [0.717, 1.165) is 12.1 Å². The predicted molar refractivity (Wildman–Crippen MR) is 49.8 cm³/mol. The molecule has 1 rings (SSSR count). The van der Waals surface area contributed by atoms with E-state index in [-0.39, 0.29) is 5.02 Å². The zero-order valence-corrected chi connectivity index (χ0v) is 8.64. The van der Waals surface area contributed by atoms with Crippen LogP contribution in [-0.2, 0) is 10.0 Å². The fraction of sp³-hybridized carbons (Fsp3) is 0. The zero-order valence-electron chi connectivity index (χ0n) is 7.07. The SMILES string of the molecule is O=C(O)c1ccc(Cl)cc1S(=O)(=O)NF. The summed E-state index contributed by atoms with van der Waals surface area (Å²) in [6.07, 6.45) is 0. The number of hydrogen-bond acceptors (Lipinski definition) is 3. The highest BCUT2D eigenvalue weighted by Gasteiger charge is 2.22. The lowest BCUT2D eigenvalue weighted by Gasteiger charge is -2.04. The van der Waals surface area contributed by atoms with Crippen LogP contribution in [0.5, 0.6) is 0 Å². The molecule has 0 saturated carbocycles. The van der Waals surface area contributed by atoms with Crippen LogP contribution in [0.15, 0.2) is 23.1 Å². The maximum atomic E-state index is 12.0. The summed E-state index contributed by atoms with van der Waals surface area (Å²) in [6, 6.07) is 3.03. The minimum absolute atomic E-state index is 0.00572. The van der Waals surface area contributed by atoms with Gasteiger partial charge in [0.1, 0.15) is 4.90 Å². The summed E-state index contributed by atoms with van der Waals surface area (Å²) in [5, 5.41) is 8.65. The Labute approximate surface area is 89.5 Å². The van der Waals surface area contributed by atoms with Crippen molar-refractivity contribution in [3.63, 3.8) is 0 Å². The number of carbonyl (C=O) groups is 1. The van der Waals surface area contributed by atoms with Crippen LogP contribution in [0.25, 0.3) is 0 Å². The standard InChI is InChI=1S/C7H5ClFNO4S/c8-4-1-2-5(7(11)12)6(3-4)15(13,14)10-9/h1-3,10H,(H,11,12). The van der Waals surface area contributed by atoms with Gasteiger partial charge in [0.15, 0.2) is 0 Å². The fourth-order valence-corrected chi connectivity index (χ4v) is 1.98. The monoisotopic (exact) mass is 253 g/mol. The van der Waals surface area contributed by atoms with Crippen LogP contribution in [0.3, 0.4) is 0 Å². The van der Waals surface area contributed by atoms with E-state index >= 15 is 0 Å². The lowest BCUT2D eigenvalue weighted by atomic mass is 10.2. The highest BCUT2D eigenvalue weighted by Crippen LogP contribution is 2.20. The van der Waals surface area contributed by atoms with Crippen molar-refractivity contribution >= 4 is 27.6 Å². The Hall–Kier alpha value is -1.18. The molecule has 0 radical (unpaired) electrons. The third-order valence-corrected chi connectivity index (χ3v) is 2.92. The lowest BCUT2D eigenvalue weighted by molar-refractivity contribution is 0.0692. The number of sulfonamides is 1. The molecule has 15 heavy (non-hydrogen) atoms. The highest BCUT2D eigenvalue weighted by molar-refractivity contribution is 7.89. The molecule has 0 amide bonds. The number of carboxylic acids is 1. The molecular weight excluding hydrogens is 249 g/mol. The maximum Gasteiger partial charge on any atom is 0.337 e. The summed E-state index contributed by atoms with van der Waals surface area (Å²) in [7, 11) is -4.48. The van der Waals surface area contributed by atoms with Gasteiger partial charge in [0.05, 0.1) is 5.56 Å². The van der Waals surface area contributed by atoms with Gasteiger partial charge in [-0.3, -0.25) is 0 Å². The molecule has 0 aliphatic heterocycles. The summed E-state index contributed by atoms with van der Waals surface area (Å²) in [4.78, 5) is 10.5. The first-order valence-corrected chi connectivity index (χ1v) is 5.40. The molecule has 0 aliphatic rings. The second-order valence-electron chi connectivity index (χ2n) is 2.53. The van der Waals surface area contributed by atoms with Crippen molar-refractivity contribution in [1.82, 2.24) is 4.94 Å². The Balaban J connectivity index is 3.51. The minimum Gasteiger partial charge on any atom is -0.478 e. The van der Waals surface area contributed by atoms with E-state index in [4.69, 9.17) is 16.7 Å². The van der Waals surface area contributed by atoms with Gasteiger partial charge in [0.2, 0.25) is 0 Å². The Morgan fingerprint density at radius 3 is 2.53 bits per heavy atom. The molecule has 0 bridgehead atoms. The molecule has 0 aromatic heterocycles. The van der Waals surface area contributed by atoms with Crippen LogP contribution >= 0.6 is 11.6 Å². The van der Waals surface area contributed by atoms with E-state index < -0.39 is 26.5 Å². The molecule has 5 nitrogen and oxygen atoms in total. The van der Waals surface area contributed by atoms with E-state index in [1.807, 2.05) is 0 Å². The average molecular weight is 254 g/mol. The lowest BCUT2D eigenvalue weighted by Crippen LogP contribution is -2.18. The van der Waals surface area contributed by atoms with Crippen molar-refractivity contribution in [2.24, 2.45) is 0 Å². The first-order valence-electron chi connectivity index (χ1n) is 3.54. The van der Waals surface area contributed by atoms with Gasteiger partial charge in [0.25, 0.3) is 10.0 Å². The topological polar surface area (TPSA) is 83.5 Å². The Morgan fingerprint density at radius 2 is 2.07 bits per heavy atom. The van der Waals surface area contributed by atoms with Gasteiger partial charge in [-0.2, -0.15) is 0 Å². The second-order valence-corrected chi connectivity index (χ2v) is 4.56. The Morgan fingerprint density at radius 1 is 1.47 bits per heavy atom. The smallest absolute Gasteiger partial charge is 0.337 e. The van der Waals surface area contributed by atoms with Gasteiger partial charge in [-0.05, 0) is 23.1 Å². The number of benzene rings is 1. The van der Waals surface area contributed by atoms with Gasteiger partial charge < -0.3 is 5.11 Å². The summed E-state index contributed by atoms with van der Waals surface area (Å²) in [6.45, 7) is 0. The molecule has 2 N–H and O–H groups in total. The zero-order chi connectivity index (χ0) is 11.6. The van der Waals surface area contributed by atoms with E-state index in [1.165, 1.54) is 6.07 Å². The largest absolute Gasteiger partial charge is 0.478 e. The van der Waals surface area contributed by atoms with Gasteiger partial charge in [-0.15, -0.1) is 4.48 Å². The van der Waals surface area contributed by atoms with Crippen LogP contribution in [0, 0.1) is 0 Å². The summed E-state index contributed by atoms with van der Waals surface area (Å²) < 4.78 is 34.1. The normalized spacial score (nSPS) is 11.3. The Bertz CT molecular complexity index is 502. The number of rotatable bonds is 3. The van der Waals surface area contributed by atoms with Crippen molar-refractivity contribution in [2.75, 3.05) is 0 Å². The molecular formula is C7H5ClFNO4S. The average Bonchev–Trinajstić information content (AvgIpc) is 2.17. The third kappa shape index (κ3) is 2.44. The van der Waals surface area contributed by atoms with Crippen molar-refractivity contribution in [2.45, 2.75) is 4.90 Å². The molecule has 0 spiro atoms. The quantitative estimate of drug-likeness (QED) is 0.793. The third-order valence-electron chi connectivity index (χ3n) is 1.57. The molecule has 0 unspecified atom stereocenters. The van der Waals surface area contributed by atoms with Crippen molar-refractivity contribution in [1.29, 1.82) is 0 Å². The van der Waals surface area contributed by atoms with Crippen molar-refractivity contribution in [3.05, 3.63) is 28.8 Å². The number of aromatic carboxylic acids is 1. The molecule has 1 aromatic rings. The van der Waals surface area contributed by atoms with E-state index in [1.54, 1.807) is 0 Å². The van der Waals surface area contributed by atoms with Gasteiger partial charge in [-0.1, -0.05) is 11.6 Å². The minimum atomic E-state index is -4.48. The number of halogens is 2. The first kappa shape index (κ1) is 11.9. The number of nitrogens with one attached hydrogen (secondary N) is 1. The molecule has 0 aliphatic carbocycles. The van der Waals surface area contributed by atoms with Crippen LogP contribution in [0.2, 0.25) is 5.02 Å². The second kappa shape index (κ2) is 4.13. The molecule has 0 atom stereocenters. The van der Waals surface area contributed by atoms with E-state index in [2.05, 4.69) is 0 Å². The van der Waals surface area contributed by atoms with Crippen LogP contribution in [0.1, 0.15) is 10.4 Å². The molecule has 0 saturated heterocycles. The van der Waals surface area contributed by atoms with E-state index in [0.29, 0.717) is 4.94 Å². The number of hydrogen-bond donors (Lipinski definition) is 2. The Kier molecular flexibility index (Phi) is 3.28. The molecule has 0 heterocycles. The molecule has 82 valence electrons. The van der Waals surface area contributed by atoms with Gasteiger partial charge in [-0.25, -0.2) is 13.2 Å². The van der Waals surface area contributed by atoms with Gasteiger partial charge >= 0.3 is 5.97 Å². The maximum absolute atomic E-state index is 12.0. The summed E-state index contributed by atoms with van der Waals surface area (Å²) in [5.41, 5.74) is -0.551. The molecule has 8 heteroatoms. The molecule has 0 fully saturated rings. The molecule has 1 aromatic carbocycles.